The van der Waals surface area contributed by atoms with Gasteiger partial charge in [-0.15, -0.1) is 0 Å². The number of esters is 1. The predicted molar refractivity (Wildman–Crippen MR) is 148 cm³/mol. The molecule has 0 radical (unpaired) electrons. The molecule has 1 aliphatic rings. The standard InChI is InChI=1S/C26H28ClF3N3O9P/c1-13(2)40-23(36)14(3)32-43(38,42-18-10-6-8-15-7-4-5-9-16(15)18)39-12-26(24(29)30)20(28)19(34)22(41-26)33-11-17(27)21(35)31-25(33)37/h4-11,13-14,19-20,22,24,34H,12H2,1-3H3,(H,32,38)(H,31,35,37). The van der Waals surface area contributed by atoms with Crippen molar-refractivity contribution in [1.29, 1.82) is 0 Å². The van der Waals surface area contributed by atoms with Gasteiger partial charge in [0.1, 0.15) is 22.9 Å². The van der Waals surface area contributed by atoms with Gasteiger partial charge in [-0.3, -0.25) is 23.7 Å². The Kier molecular flexibility index (Phi) is 9.74. The number of nitrogens with one attached hydrogen (secondary N) is 2. The summed E-state index contributed by atoms with van der Waals surface area (Å²) in [6, 6.07) is 10.1. The van der Waals surface area contributed by atoms with Crippen LogP contribution in [0.1, 0.15) is 27.0 Å². The van der Waals surface area contributed by atoms with E-state index in [-0.39, 0.29) is 5.75 Å². The van der Waals surface area contributed by atoms with Crippen LogP contribution in [-0.2, 0) is 23.4 Å². The van der Waals surface area contributed by atoms with E-state index in [2.05, 4.69) is 5.09 Å². The fourth-order valence-electron chi connectivity index (χ4n) is 4.32. The number of aliphatic hydroxyl groups is 1. The van der Waals surface area contributed by atoms with Gasteiger partial charge >= 0.3 is 19.4 Å². The average molecular weight is 650 g/mol. The SMILES string of the molecule is CC(C)OC(=O)C(C)NP(=O)(OCC1(C(F)F)OC(n2cc(Cl)c(=O)[nH]c2=O)C(O)C1F)Oc1cccc2ccccc12. The molecule has 1 fully saturated rings. The monoisotopic (exact) mass is 649 g/mol. The molecule has 6 atom stereocenters. The fourth-order valence-corrected chi connectivity index (χ4v) is 6.02. The molecule has 43 heavy (non-hydrogen) atoms. The second-order valence-corrected chi connectivity index (χ2v) is 12.1. The molecular weight excluding hydrogens is 622 g/mol. The van der Waals surface area contributed by atoms with E-state index < -0.39 is 79.3 Å². The molecule has 2 heterocycles. The molecule has 4 rings (SSSR count). The molecule has 234 valence electrons. The lowest BCUT2D eigenvalue weighted by Crippen LogP contribution is -2.51. The van der Waals surface area contributed by atoms with Crippen LogP contribution in [0.3, 0.4) is 0 Å². The van der Waals surface area contributed by atoms with Crippen LogP contribution in [0.15, 0.2) is 58.3 Å². The molecule has 3 N–H and O–H groups in total. The summed E-state index contributed by atoms with van der Waals surface area (Å²) in [6.07, 6.45) is -11.0. The molecule has 2 aromatic carbocycles. The third-order valence-corrected chi connectivity index (χ3v) is 8.33. The maximum atomic E-state index is 15.5. The first-order valence-electron chi connectivity index (χ1n) is 12.9. The summed E-state index contributed by atoms with van der Waals surface area (Å²) in [5.74, 6) is -0.907. The first kappa shape index (κ1) is 32.7. The van der Waals surface area contributed by atoms with E-state index in [9.17, 15) is 32.8 Å². The van der Waals surface area contributed by atoms with E-state index in [0.29, 0.717) is 21.5 Å². The number of aromatic nitrogens is 2. The molecule has 1 aromatic heterocycles. The van der Waals surface area contributed by atoms with E-state index in [1.54, 1.807) is 55.2 Å². The number of aromatic amines is 1. The Balaban J connectivity index is 1.69. The number of ether oxygens (including phenoxy) is 2. The van der Waals surface area contributed by atoms with Gasteiger partial charge in [-0.25, -0.2) is 22.5 Å². The number of aliphatic hydroxyl groups excluding tert-OH is 1. The summed E-state index contributed by atoms with van der Waals surface area (Å²) < 4.78 is 80.4. The number of hydrogen-bond donors (Lipinski definition) is 3. The Bertz CT molecular complexity index is 1650. The predicted octanol–water partition coefficient (Wildman–Crippen LogP) is 3.71. The van der Waals surface area contributed by atoms with Gasteiger partial charge in [0.25, 0.3) is 12.0 Å². The Hall–Kier alpha value is -3.20. The van der Waals surface area contributed by atoms with E-state index in [4.69, 9.17) is 30.1 Å². The Labute approximate surface area is 247 Å². The van der Waals surface area contributed by atoms with Crippen molar-refractivity contribution in [2.24, 2.45) is 0 Å². The first-order valence-corrected chi connectivity index (χ1v) is 14.8. The lowest BCUT2D eigenvalue weighted by atomic mass is 9.98. The number of carbonyl (C=O) groups excluding carboxylic acids is 1. The third-order valence-electron chi connectivity index (χ3n) is 6.45. The highest BCUT2D eigenvalue weighted by Crippen LogP contribution is 2.50. The van der Waals surface area contributed by atoms with Gasteiger partial charge in [0.15, 0.2) is 18.0 Å². The van der Waals surface area contributed by atoms with E-state index >= 15 is 4.39 Å². The van der Waals surface area contributed by atoms with Gasteiger partial charge in [-0.2, -0.15) is 5.09 Å². The Morgan fingerprint density at radius 3 is 2.56 bits per heavy atom. The van der Waals surface area contributed by atoms with Crippen LogP contribution in [0.25, 0.3) is 10.8 Å². The van der Waals surface area contributed by atoms with E-state index in [0.717, 1.165) is 0 Å². The van der Waals surface area contributed by atoms with E-state index in [1.807, 2.05) is 0 Å². The summed E-state index contributed by atoms with van der Waals surface area (Å²) in [5.41, 5.74) is -5.55. The zero-order valence-electron chi connectivity index (χ0n) is 22.9. The van der Waals surface area contributed by atoms with Crippen molar-refractivity contribution in [1.82, 2.24) is 14.6 Å². The van der Waals surface area contributed by atoms with Crippen molar-refractivity contribution in [3.05, 3.63) is 74.5 Å². The van der Waals surface area contributed by atoms with Crippen LogP contribution in [-0.4, -0.2) is 63.7 Å². The summed E-state index contributed by atoms with van der Waals surface area (Å²) >= 11 is 5.72. The van der Waals surface area contributed by atoms with Gasteiger partial charge in [-0.05, 0) is 32.2 Å². The lowest BCUT2D eigenvalue weighted by Gasteiger charge is -2.32. The molecule has 0 bridgehead atoms. The number of nitrogens with zero attached hydrogens (tertiary/aromatic N) is 1. The lowest BCUT2D eigenvalue weighted by molar-refractivity contribution is -0.183. The first-order chi connectivity index (χ1) is 20.2. The van der Waals surface area contributed by atoms with Crippen molar-refractivity contribution in [2.45, 2.75) is 63.4 Å². The Morgan fingerprint density at radius 1 is 1.21 bits per heavy atom. The number of halogens is 4. The quantitative estimate of drug-likeness (QED) is 0.207. The molecule has 0 saturated carbocycles. The maximum Gasteiger partial charge on any atom is 0.459 e. The van der Waals surface area contributed by atoms with Crippen LogP contribution < -0.4 is 20.9 Å². The number of rotatable bonds is 11. The van der Waals surface area contributed by atoms with Crippen LogP contribution in [0.4, 0.5) is 13.2 Å². The van der Waals surface area contributed by atoms with Gasteiger partial charge in [-0.1, -0.05) is 48.0 Å². The molecule has 17 heteroatoms. The summed E-state index contributed by atoms with van der Waals surface area (Å²) in [7, 11) is -4.85. The molecule has 0 spiro atoms. The van der Waals surface area contributed by atoms with Crippen LogP contribution in [0, 0.1) is 0 Å². The minimum absolute atomic E-state index is 0.0269. The summed E-state index contributed by atoms with van der Waals surface area (Å²) in [4.78, 5) is 38.2. The zero-order chi connectivity index (χ0) is 31.7. The highest BCUT2D eigenvalue weighted by Gasteiger charge is 2.63. The normalized spacial score (nSPS) is 24.3. The average Bonchev–Trinajstić information content (AvgIpc) is 3.20. The summed E-state index contributed by atoms with van der Waals surface area (Å²) in [6.45, 7) is 2.90. The minimum Gasteiger partial charge on any atom is -0.462 e. The summed E-state index contributed by atoms with van der Waals surface area (Å²) in [5, 5.41) is 13.4. The van der Waals surface area contributed by atoms with Crippen molar-refractivity contribution in [2.75, 3.05) is 6.61 Å². The van der Waals surface area contributed by atoms with Crippen molar-refractivity contribution >= 4 is 36.1 Å². The largest absolute Gasteiger partial charge is 0.462 e. The number of fused-ring (bicyclic) bond motifs is 1. The number of alkyl halides is 3. The van der Waals surface area contributed by atoms with Crippen LogP contribution in [0.2, 0.25) is 5.02 Å². The minimum atomic E-state index is -4.85. The van der Waals surface area contributed by atoms with Gasteiger partial charge in [0.05, 0.1) is 12.7 Å². The molecular formula is C26H28ClF3N3O9P. The number of benzene rings is 2. The van der Waals surface area contributed by atoms with Crippen molar-refractivity contribution < 1.29 is 46.2 Å². The van der Waals surface area contributed by atoms with Crippen molar-refractivity contribution in [3.63, 3.8) is 0 Å². The Morgan fingerprint density at radius 2 is 1.88 bits per heavy atom. The second-order valence-electron chi connectivity index (χ2n) is 9.98. The second kappa shape index (κ2) is 12.8. The highest BCUT2D eigenvalue weighted by molar-refractivity contribution is 7.52. The maximum absolute atomic E-state index is 15.5. The van der Waals surface area contributed by atoms with Crippen LogP contribution in [0.5, 0.6) is 5.75 Å². The van der Waals surface area contributed by atoms with Crippen LogP contribution >= 0.6 is 19.3 Å². The molecule has 0 amide bonds. The zero-order valence-corrected chi connectivity index (χ0v) is 24.6. The molecule has 1 saturated heterocycles. The van der Waals surface area contributed by atoms with E-state index in [1.165, 1.54) is 13.0 Å². The fraction of sp³-hybridized carbons (Fsp3) is 0.423. The van der Waals surface area contributed by atoms with Gasteiger partial charge < -0.3 is 19.1 Å². The molecule has 1 aliphatic heterocycles. The number of H-pyrrole nitrogens is 1. The molecule has 6 unspecified atom stereocenters. The topological polar surface area (TPSA) is 158 Å². The highest BCUT2D eigenvalue weighted by atomic mass is 35.5. The number of hydrogen-bond acceptors (Lipinski definition) is 9. The third kappa shape index (κ3) is 6.82. The van der Waals surface area contributed by atoms with Gasteiger partial charge in [0.2, 0.25) is 0 Å². The van der Waals surface area contributed by atoms with Crippen molar-refractivity contribution in [3.8, 4) is 5.75 Å². The number of carbonyl (C=O) groups is 1. The molecule has 3 aromatic rings. The molecule has 0 aliphatic carbocycles. The van der Waals surface area contributed by atoms with Gasteiger partial charge in [0, 0.05) is 11.6 Å². The smallest absolute Gasteiger partial charge is 0.459 e. The molecule has 12 nitrogen and oxygen atoms in total.